The minimum atomic E-state index is -5.41. The van der Waals surface area contributed by atoms with E-state index in [0.717, 1.165) is 18.2 Å². The molecule has 0 amide bonds. The number of hydrogen-bond donors (Lipinski definition) is 2. The van der Waals surface area contributed by atoms with Gasteiger partial charge < -0.3 is 14.6 Å². The van der Waals surface area contributed by atoms with Crippen LogP contribution in [0.1, 0.15) is 25.3 Å². The van der Waals surface area contributed by atoms with Crippen molar-refractivity contribution in [3.8, 4) is 11.5 Å². The predicted molar refractivity (Wildman–Crippen MR) is 107 cm³/mol. The number of phenols is 1. The van der Waals surface area contributed by atoms with Crippen LogP contribution < -0.4 is 9.46 Å². The third kappa shape index (κ3) is 5.90. The van der Waals surface area contributed by atoms with Gasteiger partial charge in [0, 0.05) is 11.3 Å². The Morgan fingerprint density at radius 2 is 1.66 bits per heavy atom. The van der Waals surface area contributed by atoms with Gasteiger partial charge in [0.25, 0.3) is 15.8 Å². The average molecular weight is 475 g/mol. The molecule has 0 saturated heterocycles. The Kier molecular flexibility index (Phi) is 7.39. The number of methoxy groups -OCH3 is 1. The molecular formula is C20H20F3NO7S. The number of hydrogen-bond acceptors (Lipinski definition) is 7. The fourth-order valence-electron chi connectivity index (χ4n) is 2.66. The van der Waals surface area contributed by atoms with E-state index in [1.54, 1.807) is 0 Å². The van der Waals surface area contributed by atoms with Crippen molar-refractivity contribution < 1.29 is 45.8 Å². The highest BCUT2D eigenvalue weighted by Gasteiger charge is 2.48. The smallest absolute Gasteiger partial charge is 0.451 e. The van der Waals surface area contributed by atoms with Crippen molar-refractivity contribution >= 4 is 27.5 Å². The Balaban J connectivity index is 2.48. The summed E-state index contributed by atoms with van der Waals surface area (Å²) in [5, 5.41) is 10.1. The summed E-state index contributed by atoms with van der Waals surface area (Å²) in [5.74, 6) is -6.96. The van der Waals surface area contributed by atoms with Gasteiger partial charge in [-0.3, -0.25) is 14.3 Å². The number of carbonyl (C=O) groups excluding carboxylic acids is 2. The number of anilines is 1. The molecule has 2 aromatic rings. The zero-order valence-corrected chi connectivity index (χ0v) is 18.0. The summed E-state index contributed by atoms with van der Waals surface area (Å²) < 4.78 is 76.3. The number of ketones is 1. The summed E-state index contributed by atoms with van der Waals surface area (Å²) >= 11 is 0. The first-order valence-electron chi connectivity index (χ1n) is 9.07. The average Bonchev–Trinajstić information content (AvgIpc) is 2.69. The van der Waals surface area contributed by atoms with Gasteiger partial charge in [0.1, 0.15) is 11.5 Å². The molecule has 0 radical (unpaired) electrons. The van der Waals surface area contributed by atoms with E-state index in [9.17, 15) is 36.3 Å². The number of carbonyl (C=O) groups is 2. The fraction of sp³-hybridized carbons (Fsp3) is 0.300. The molecule has 2 rings (SSSR count). The molecule has 0 fully saturated rings. The maximum atomic E-state index is 13.1. The summed E-state index contributed by atoms with van der Waals surface area (Å²) in [6.07, 6.45) is -6.25. The Bertz CT molecular complexity index is 1100. The highest BCUT2D eigenvalue weighted by molar-refractivity contribution is 7.92. The molecule has 0 saturated carbocycles. The van der Waals surface area contributed by atoms with Crippen molar-refractivity contribution in [2.24, 2.45) is 0 Å². The zero-order chi connectivity index (χ0) is 24.3. The molecule has 0 aliphatic heterocycles. The lowest BCUT2D eigenvalue weighted by Gasteiger charge is -2.20. The van der Waals surface area contributed by atoms with E-state index in [4.69, 9.17) is 9.47 Å². The van der Waals surface area contributed by atoms with Crippen molar-refractivity contribution in [1.29, 1.82) is 0 Å². The maximum Gasteiger partial charge on any atom is 0.451 e. The first-order chi connectivity index (χ1) is 14.8. The van der Waals surface area contributed by atoms with E-state index >= 15 is 0 Å². The van der Waals surface area contributed by atoms with Crippen molar-refractivity contribution in [2.45, 2.75) is 36.9 Å². The van der Waals surface area contributed by atoms with Crippen molar-refractivity contribution in [3.05, 3.63) is 48.0 Å². The number of ether oxygens (including phenoxy) is 2. The number of sulfonamides is 1. The molecule has 0 aromatic heterocycles. The number of benzene rings is 2. The van der Waals surface area contributed by atoms with E-state index in [1.165, 1.54) is 45.2 Å². The van der Waals surface area contributed by atoms with Gasteiger partial charge >= 0.3 is 12.1 Å². The molecule has 8 nitrogen and oxygen atoms in total. The summed E-state index contributed by atoms with van der Waals surface area (Å²) in [6, 6.07) is 7.93. The minimum Gasteiger partial charge on any atom is -0.508 e. The molecule has 32 heavy (non-hydrogen) atoms. The quantitative estimate of drug-likeness (QED) is 0.341. The molecule has 0 aliphatic rings. The lowest BCUT2D eigenvalue weighted by atomic mass is 9.93. The standard InChI is InChI=1S/C20H20F3NO7S/c1-11(2)31-19(27)17(18(26)20(21,22)23)15-10-12(4-9-16(15)25)24-32(28,29)14-7-5-13(30-3)6-8-14/h4-11,17,24-25H,1-3H3/t17-/m0/s1. The number of phenolic OH excluding ortho intramolecular Hbond substituents is 1. The highest BCUT2D eigenvalue weighted by Crippen LogP contribution is 2.36. The Hall–Kier alpha value is -3.28. The van der Waals surface area contributed by atoms with Crippen LogP contribution >= 0.6 is 0 Å². The third-order valence-corrected chi connectivity index (χ3v) is 5.49. The van der Waals surface area contributed by atoms with Crippen LogP contribution in [-0.4, -0.2) is 44.7 Å². The molecule has 0 heterocycles. The van der Waals surface area contributed by atoms with Gasteiger partial charge in [-0.05, 0) is 56.3 Å². The number of Topliss-reactive ketones (excluding diaryl/α,β-unsaturated/α-hetero) is 1. The monoisotopic (exact) mass is 475 g/mol. The molecule has 0 bridgehead atoms. The second-order valence-corrected chi connectivity index (χ2v) is 8.52. The number of rotatable bonds is 8. The van der Waals surface area contributed by atoms with Crippen molar-refractivity contribution in [1.82, 2.24) is 0 Å². The molecule has 0 unspecified atom stereocenters. The first-order valence-corrected chi connectivity index (χ1v) is 10.6. The van der Waals surface area contributed by atoms with E-state index in [-0.39, 0.29) is 10.6 Å². The summed E-state index contributed by atoms with van der Waals surface area (Å²) in [6.45, 7) is 2.73. The number of aromatic hydroxyl groups is 1. The topological polar surface area (TPSA) is 119 Å². The van der Waals surface area contributed by atoms with Crippen molar-refractivity contribution in [2.75, 3.05) is 11.8 Å². The van der Waals surface area contributed by atoms with Crippen LogP contribution in [0, 0.1) is 0 Å². The van der Waals surface area contributed by atoms with Gasteiger partial charge in [-0.25, -0.2) is 8.42 Å². The Labute approximate surface area is 182 Å². The Morgan fingerprint density at radius 1 is 1.06 bits per heavy atom. The molecule has 0 aliphatic carbocycles. The van der Waals surface area contributed by atoms with Gasteiger partial charge in [-0.1, -0.05) is 0 Å². The fourth-order valence-corrected chi connectivity index (χ4v) is 3.71. The largest absolute Gasteiger partial charge is 0.508 e. The van der Waals surface area contributed by atoms with E-state index in [0.29, 0.717) is 5.75 Å². The van der Waals surface area contributed by atoms with Gasteiger partial charge in [0.2, 0.25) is 0 Å². The Morgan fingerprint density at radius 3 is 2.16 bits per heavy atom. The minimum absolute atomic E-state index is 0.185. The van der Waals surface area contributed by atoms with E-state index < -0.39 is 51.3 Å². The van der Waals surface area contributed by atoms with Crippen LogP contribution in [0.2, 0.25) is 0 Å². The van der Waals surface area contributed by atoms with Gasteiger partial charge in [-0.2, -0.15) is 13.2 Å². The number of esters is 1. The SMILES string of the molecule is COc1ccc(S(=O)(=O)Nc2ccc(O)c([C@H](C(=O)OC(C)C)C(=O)C(F)(F)F)c2)cc1. The summed E-state index contributed by atoms with van der Waals surface area (Å²) in [5.41, 5.74) is -1.04. The molecule has 12 heteroatoms. The summed E-state index contributed by atoms with van der Waals surface area (Å²) in [7, 11) is -2.80. The van der Waals surface area contributed by atoms with Gasteiger partial charge in [0.15, 0.2) is 5.92 Å². The number of halogens is 3. The third-order valence-electron chi connectivity index (χ3n) is 4.09. The second kappa shape index (κ2) is 9.47. The molecule has 2 N–H and O–H groups in total. The predicted octanol–water partition coefficient (Wildman–Crippen LogP) is 3.37. The van der Waals surface area contributed by atoms with Crippen LogP contribution in [0.5, 0.6) is 11.5 Å². The number of alkyl halides is 3. The molecule has 174 valence electrons. The first kappa shape index (κ1) is 25.0. The zero-order valence-electron chi connectivity index (χ0n) is 17.1. The van der Waals surface area contributed by atoms with Crippen LogP contribution in [0.25, 0.3) is 0 Å². The maximum absolute atomic E-state index is 13.1. The molecule has 0 spiro atoms. The van der Waals surface area contributed by atoms with Crippen LogP contribution in [0.4, 0.5) is 18.9 Å². The molecular weight excluding hydrogens is 455 g/mol. The van der Waals surface area contributed by atoms with Gasteiger partial charge in [0.05, 0.1) is 18.1 Å². The molecule has 2 aromatic carbocycles. The van der Waals surface area contributed by atoms with Crippen molar-refractivity contribution in [3.63, 3.8) is 0 Å². The second-order valence-electron chi connectivity index (χ2n) is 6.84. The van der Waals surface area contributed by atoms with E-state index in [1.807, 2.05) is 0 Å². The summed E-state index contributed by atoms with van der Waals surface area (Å²) in [4.78, 5) is 24.0. The van der Waals surface area contributed by atoms with E-state index in [2.05, 4.69) is 4.72 Å². The van der Waals surface area contributed by atoms with Crippen LogP contribution in [0.15, 0.2) is 47.4 Å². The van der Waals surface area contributed by atoms with Crippen LogP contribution in [0.3, 0.4) is 0 Å². The highest BCUT2D eigenvalue weighted by atomic mass is 32.2. The lowest BCUT2D eigenvalue weighted by molar-refractivity contribution is -0.178. The number of nitrogens with one attached hydrogen (secondary N) is 1. The van der Waals surface area contributed by atoms with Gasteiger partial charge in [-0.15, -0.1) is 0 Å². The van der Waals surface area contributed by atoms with Crippen LogP contribution in [-0.2, 0) is 24.3 Å². The normalized spacial score (nSPS) is 12.8. The lowest BCUT2D eigenvalue weighted by Crippen LogP contribution is -2.35. The molecule has 1 atom stereocenters.